The Morgan fingerprint density at radius 3 is 2.93 bits per heavy atom. The maximum Gasteiger partial charge on any atom is 0.234 e. The zero-order valence-corrected chi connectivity index (χ0v) is 9.73. The Morgan fingerprint density at radius 2 is 2.27 bits per heavy atom. The number of nitrogens with zero attached hydrogens (tertiary/aromatic N) is 2. The molecule has 15 heavy (non-hydrogen) atoms. The van der Waals surface area contributed by atoms with Crippen LogP contribution in [0.5, 0.6) is 5.88 Å². The zero-order valence-electron chi connectivity index (χ0n) is 8.16. The number of fused-ring (bicyclic) bond motifs is 1. The Hall–Kier alpha value is -0.870. The summed E-state index contributed by atoms with van der Waals surface area (Å²) in [5.41, 5.74) is 2.16. The third kappa shape index (κ3) is 1.40. The molecule has 1 fully saturated rings. The average Bonchev–Trinajstić information content (AvgIpc) is 3.00. The summed E-state index contributed by atoms with van der Waals surface area (Å²) in [4.78, 5) is 8.38. The number of rotatable bonds is 2. The van der Waals surface area contributed by atoms with Crippen LogP contribution < -0.4 is 4.74 Å². The molecule has 1 aliphatic carbocycles. The number of methoxy groups -OCH3 is 1. The zero-order chi connectivity index (χ0) is 10.4. The van der Waals surface area contributed by atoms with Crippen molar-refractivity contribution in [3.8, 4) is 5.88 Å². The highest BCUT2D eigenvalue weighted by molar-refractivity contribution is 7.23. The van der Waals surface area contributed by atoms with Crippen LogP contribution in [0.3, 0.4) is 0 Å². The van der Waals surface area contributed by atoms with Crippen molar-refractivity contribution in [2.75, 3.05) is 7.11 Å². The molecule has 3 rings (SSSR count). The van der Waals surface area contributed by atoms with Gasteiger partial charge >= 0.3 is 0 Å². The van der Waals surface area contributed by atoms with Crippen molar-refractivity contribution in [2.45, 2.75) is 18.8 Å². The minimum atomic E-state index is 0.603. The van der Waals surface area contributed by atoms with Gasteiger partial charge < -0.3 is 4.74 Å². The molecule has 2 aromatic rings. The molecule has 0 spiro atoms. The second-order valence-electron chi connectivity index (χ2n) is 3.62. The van der Waals surface area contributed by atoms with E-state index in [1.807, 2.05) is 0 Å². The van der Waals surface area contributed by atoms with E-state index in [1.54, 1.807) is 7.11 Å². The van der Waals surface area contributed by atoms with Crippen molar-refractivity contribution >= 4 is 33.2 Å². The standard InChI is InChI=1S/C10H9ClN2OS/c1-14-10-8-7(12-4-13-10)6(5-2-3-5)9(11)15-8/h4-5H,2-3H2,1H3. The second kappa shape index (κ2) is 3.32. The fourth-order valence-corrected chi connectivity index (χ4v) is 3.26. The average molecular weight is 241 g/mol. The third-order valence-corrected chi connectivity index (χ3v) is 4.01. The number of hydrogen-bond acceptors (Lipinski definition) is 4. The molecule has 0 aliphatic heterocycles. The van der Waals surface area contributed by atoms with E-state index in [9.17, 15) is 0 Å². The van der Waals surface area contributed by atoms with Gasteiger partial charge in [-0.25, -0.2) is 9.97 Å². The summed E-state index contributed by atoms with van der Waals surface area (Å²) in [6.45, 7) is 0. The number of thiophene rings is 1. The first-order valence-electron chi connectivity index (χ1n) is 4.78. The molecule has 78 valence electrons. The van der Waals surface area contributed by atoms with E-state index < -0.39 is 0 Å². The molecule has 5 heteroatoms. The monoisotopic (exact) mass is 240 g/mol. The summed E-state index contributed by atoms with van der Waals surface area (Å²) in [6, 6.07) is 0. The predicted molar refractivity (Wildman–Crippen MR) is 61.0 cm³/mol. The van der Waals surface area contributed by atoms with Crippen molar-refractivity contribution in [1.29, 1.82) is 0 Å². The first-order chi connectivity index (χ1) is 7.31. The van der Waals surface area contributed by atoms with E-state index in [2.05, 4.69) is 9.97 Å². The lowest BCUT2D eigenvalue weighted by Crippen LogP contribution is -1.89. The highest BCUT2D eigenvalue weighted by atomic mass is 35.5. The van der Waals surface area contributed by atoms with E-state index in [4.69, 9.17) is 16.3 Å². The van der Waals surface area contributed by atoms with Gasteiger partial charge in [-0.05, 0) is 18.8 Å². The second-order valence-corrected chi connectivity index (χ2v) is 5.25. The molecule has 0 saturated heterocycles. The van der Waals surface area contributed by atoms with Gasteiger partial charge in [0.05, 0.1) is 17.0 Å². The maximum absolute atomic E-state index is 6.23. The van der Waals surface area contributed by atoms with Crippen LogP contribution in [0.15, 0.2) is 6.33 Å². The van der Waals surface area contributed by atoms with Gasteiger partial charge in [-0.1, -0.05) is 11.6 Å². The topological polar surface area (TPSA) is 35.0 Å². The van der Waals surface area contributed by atoms with Crippen LogP contribution in [0.25, 0.3) is 10.2 Å². The van der Waals surface area contributed by atoms with Crippen LogP contribution in [-0.4, -0.2) is 17.1 Å². The molecule has 0 N–H and O–H groups in total. The van der Waals surface area contributed by atoms with Crippen LogP contribution in [0.4, 0.5) is 0 Å². The Balaban J connectivity index is 2.31. The predicted octanol–water partition coefficient (Wildman–Crippen LogP) is 3.23. The molecule has 2 heterocycles. The summed E-state index contributed by atoms with van der Waals surface area (Å²) >= 11 is 7.74. The summed E-state index contributed by atoms with van der Waals surface area (Å²) in [6.07, 6.45) is 3.98. The smallest absolute Gasteiger partial charge is 0.234 e. The Morgan fingerprint density at radius 1 is 1.47 bits per heavy atom. The Kier molecular flexibility index (Phi) is 2.07. The van der Waals surface area contributed by atoms with Crippen LogP contribution in [-0.2, 0) is 0 Å². The van der Waals surface area contributed by atoms with Crippen molar-refractivity contribution in [3.05, 3.63) is 16.2 Å². The van der Waals surface area contributed by atoms with Gasteiger partial charge in [-0.3, -0.25) is 0 Å². The largest absolute Gasteiger partial charge is 0.480 e. The molecule has 1 aliphatic rings. The van der Waals surface area contributed by atoms with Gasteiger partial charge in [-0.2, -0.15) is 0 Å². The van der Waals surface area contributed by atoms with Gasteiger partial charge in [-0.15, -0.1) is 11.3 Å². The lowest BCUT2D eigenvalue weighted by molar-refractivity contribution is 0.403. The number of aromatic nitrogens is 2. The molecular weight excluding hydrogens is 232 g/mol. The molecule has 0 atom stereocenters. The van der Waals surface area contributed by atoms with E-state index in [0.717, 1.165) is 14.6 Å². The SMILES string of the molecule is COc1ncnc2c(C3CC3)c(Cl)sc12. The molecule has 0 amide bonds. The van der Waals surface area contributed by atoms with Gasteiger partial charge in [0.25, 0.3) is 0 Å². The Bertz CT molecular complexity index is 521. The molecule has 0 bridgehead atoms. The molecule has 3 nitrogen and oxygen atoms in total. The van der Waals surface area contributed by atoms with Crippen LogP contribution in [0, 0.1) is 0 Å². The lowest BCUT2D eigenvalue weighted by Gasteiger charge is -1.99. The first-order valence-corrected chi connectivity index (χ1v) is 5.97. The fourth-order valence-electron chi connectivity index (χ4n) is 1.75. The molecule has 2 aromatic heterocycles. The van der Waals surface area contributed by atoms with E-state index in [1.165, 1.54) is 36.1 Å². The summed E-state index contributed by atoms with van der Waals surface area (Å²) in [5, 5.41) is 0. The van der Waals surface area contributed by atoms with Gasteiger partial charge in [0.1, 0.15) is 11.0 Å². The maximum atomic E-state index is 6.23. The van der Waals surface area contributed by atoms with Gasteiger partial charge in [0, 0.05) is 5.56 Å². The van der Waals surface area contributed by atoms with Gasteiger partial charge in [0.15, 0.2) is 0 Å². The van der Waals surface area contributed by atoms with E-state index >= 15 is 0 Å². The summed E-state index contributed by atoms with van der Waals surface area (Å²) in [5.74, 6) is 1.23. The number of ether oxygens (including phenoxy) is 1. The molecule has 0 aromatic carbocycles. The lowest BCUT2D eigenvalue weighted by atomic mass is 10.2. The minimum Gasteiger partial charge on any atom is -0.480 e. The highest BCUT2D eigenvalue weighted by Crippen LogP contribution is 2.50. The number of halogens is 1. The molecule has 0 radical (unpaired) electrons. The first kappa shape index (κ1) is 9.36. The summed E-state index contributed by atoms with van der Waals surface area (Å²) < 4.78 is 7.00. The van der Waals surface area contributed by atoms with Crippen LogP contribution in [0.1, 0.15) is 24.3 Å². The highest BCUT2D eigenvalue weighted by Gasteiger charge is 2.30. The van der Waals surface area contributed by atoms with E-state index in [0.29, 0.717) is 11.8 Å². The minimum absolute atomic E-state index is 0.603. The Labute approximate surface area is 96.1 Å². The molecule has 0 unspecified atom stereocenters. The molecular formula is C10H9ClN2OS. The van der Waals surface area contributed by atoms with Gasteiger partial charge in [0.2, 0.25) is 5.88 Å². The fraction of sp³-hybridized carbons (Fsp3) is 0.400. The van der Waals surface area contributed by atoms with Crippen LogP contribution >= 0.6 is 22.9 Å². The van der Waals surface area contributed by atoms with Crippen molar-refractivity contribution in [1.82, 2.24) is 9.97 Å². The van der Waals surface area contributed by atoms with Crippen molar-refractivity contribution < 1.29 is 4.74 Å². The number of hydrogen-bond donors (Lipinski definition) is 0. The third-order valence-electron chi connectivity index (χ3n) is 2.61. The quantitative estimate of drug-likeness (QED) is 0.809. The normalized spacial score (nSPS) is 15.9. The van der Waals surface area contributed by atoms with E-state index in [-0.39, 0.29) is 0 Å². The van der Waals surface area contributed by atoms with Crippen molar-refractivity contribution in [3.63, 3.8) is 0 Å². The summed E-state index contributed by atoms with van der Waals surface area (Å²) in [7, 11) is 1.62. The molecule has 1 saturated carbocycles. The van der Waals surface area contributed by atoms with Crippen LogP contribution in [0.2, 0.25) is 4.34 Å². The van der Waals surface area contributed by atoms with Crippen molar-refractivity contribution in [2.24, 2.45) is 0 Å².